The highest BCUT2D eigenvalue weighted by Gasteiger charge is 2.23. The van der Waals surface area contributed by atoms with Crippen molar-refractivity contribution in [2.75, 3.05) is 13.2 Å². The second-order valence-corrected chi connectivity index (χ2v) is 5.24. The smallest absolute Gasteiger partial charge is 0.251 e. The number of aliphatic hydroxyl groups excluding tert-OH is 1. The molecule has 100 valence electrons. The molecule has 0 aromatic heterocycles. The fourth-order valence-electron chi connectivity index (χ4n) is 1.65. The molecule has 2 N–H and O–H groups in total. The van der Waals surface area contributed by atoms with Crippen LogP contribution in [0, 0.1) is 0 Å². The van der Waals surface area contributed by atoms with E-state index < -0.39 is 5.54 Å². The molecule has 0 radical (unpaired) electrons. The van der Waals surface area contributed by atoms with E-state index in [2.05, 4.69) is 5.32 Å². The Balaban J connectivity index is 2.38. The predicted molar refractivity (Wildman–Crippen MR) is 72.0 cm³/mol. The van der Waals surface area contributed by atoms with Gasteiger partial charge in [-0.25, -0.2) is 0 Å². The Hall–Kier alpha value is -1.27. The fourth-order valence-corrected chi connectivity index (χ4v) is 1.90. The van der Waals surface area contributed by atoms with Gasteiger partial charge in [0.2, 0.25) is 5.91 Å². The van der Waals surface area contributed by atoms with Gasteiger partial charge in [0.05, 0.1) is 0 Å². The number of nitrogens with zero attached hydrogens (tertiary/aromatic N) is 1. The number of hydrogen-bond acceptors (Lipinski definition) is 4. The number of carbonyl (C=O) groups excluding carboxylic acids is 2. The molecule has 0 aromatic rings. The summed E-state index contributed by atoms with van der Waals surface area (Å²) in [5, 5.41) is 11.7. The summed E-state index contributed by atoms with van der Waals surface area (Å²) in [6.07, 6.45) is 3.64. The third kappa shape index (κ3) is 4.19. The fraction of sp³-hybridized carbons (Fsp3) is 0.583. The Bertz CT molecular complexity index is 373. The van der Waals surface area contributed by atoms with Crippen molar-refractivity contribution in [3.8, 4) is 0 Å². The molecule has 18 heavy (non-hydrogen) atoms. The molecular weight excluding hydrogens is 252 g/mol. The van der Waals surface area contributed by atoms with Gasteiger partial charge >= 0.3 is 0 Å². The summed E-state index contributed by atoms with van der Waals surface area (Å²) in [6, 6.07) is 0. The Labute approximate surface area is 112 Å². The summed E-state index contributed by atoms with van der Waals surface area (Å²) in [6.45, 7) is 3.99. The van der Waals surface area contributed by atoms with E-state index >= 15 is 0 Å². The molecule has 0 atom stereocenters. The van der Waals surface area contributed by atoms with Gasteiger partial charge in [-0.15, -0.1) is 0 Å². The monoisotopic (exact) mass is 270 g/mol. The van der Waals surface area contributed by atoms with Crippen LogP contribution in [-0.2, 0) is 9.59 Å². The van der Waals surface area contributed by atoms with Gasteiger partial charge in [0, 0.05) is 31.2 Å². The highest BCUT2D eigenvalue weighted by molar-refractivity contribution is 7.80. The Morgan fingerprint density at radius 3 is 2.67 bits per heavy atom. The van der Waals surface area contributed by atoms with E-state index in [1.165, 1.54) is 11.0 Å². The average molecular weight is 270 g/mol. The number of carbonyl (C=O) groups is 2. The van der Waals surface area contributed by atoms with Crippen LogP contribution >= 0.6 is 12.2 Å². The van der Waals surface area contributed by atoms with Crippen LogP contribution in [0.2, 0.25) is 0 Å². The van der Waals surface area contributed by atoms with E-state index in [0.717, 1.165) is 0 Å². The molecular formula is C12H18N2O3S. The molecule has 0 bridgehead atoms. The third-order valence-electron chi connectivity index (χ3n) is 2.68. The Morgan fingerprint density at radius 1 is 1.50 bits per heavy atom. The highest BCUT2D eigenvalue weighted by atomic mass is 32.1. The first kappa shape index (κ1) is 14.8. The standard InChI is InChI=1S/C12H18N2O3S/c1-12(2,6-8-15)13-9(16)5-7-14-10(17)3-4-11(14)18/h3-4,15H,5-8H2,1-2H3,(H,13,16). The minimum atomic E-state index is -0.445. The summed E-state index contributed by atoms with van der Waals surface area (Å²) in [5.74, 6) is -0.335. The van der Waals surface area contributed by atoms with E-state index in [-0.39, 0.29) is 31.4 Å². The normalized spacial score (nSPS) is 15.4. The van der Waals surface area contributed by atoms with Crippen LogP contribution in [0.1, 0.15) is 26.7 Å². The lowest BCUT2D eigenvalue weighted by Crippen LogP contribution is -2.45. The molecule has 0 spiro atoms. The first-order valence-electron chi connectivity index (χ1n) is 5.81. The lowest BCUT2D eigenvalue weighted by atomic mass is 10.0. The van der Waals surface area contributed by atoms with Crippen LogP contribution in [-0.4, -0.2) is 45.5 Å². The molecule has 0 saturated heterocycles. The molecule has 5 nitrogen and oxygen atoms in total. The molecule has 0 aromatic carbocycles. The number of rotatable bonds is 6. The lowest BCUT2D eigenvalue weighted by molar-refractivity contribution is -0.124. The number of hydrogen-bond donors (Lipinski definition) is 2. The van der Waals surface area contributed by atoms with Gasteiger partial charge in [0.1, 0.15) is 4.99 Å². The summed E-state index contributed by atoms with van der Waals surface area (Å²) < 4.78 is 0. The van der Waals surface area contributed by atoms with Crippen molar-refractivity contribution in [3.05, 3.63) is 12.2 Å². The maximum Gasteiger partial charge on any atom is 0.251 e. The first-order valence-corrected chi connectivity index (χ1v) is 6.22. The van der Waals surface area contributed by atoms with E-state index in [9.17, 15) is 9.59 Å². The van der Waals surface area contributed by atoms with E-state index in [1.54, 1.807) is 6.08 Å². The number of aliphatic hydroxyl groups is 1. The van der Waals surface area contributed by atoms with Gasteiger partial charge in [-0.05, 0) is 26.3 Å². The molecule has 0 aliphatic carbocycles. The van der Waals surface area contributed by atoms with E-state index in [4.69, 9.17) is 17.3 Å². The maximum absolute atomic E-state index is 11.7. The van der Waals surface area contributed by atoms with Crippen LogP contribution in [0.15, 0.2) is 12.2 Å². The summed E-state index contributed by atoms with van der Waals surface area (Å²) in [7, 11) is 0. The molecule has 0 unspecified atom stereocenters. The number of amides is 2. The second kappa shape index (κ2) is 6.06. The SMILES string of the molecule is CC(C)(CCO)NC(=O)CCN1C(=O)C=CC1=S. The number of thiocarbonyl (C=S) groups is 1. The van der Waals surface area contributed by atoms with E-state index in [0.29, 0.717) is 11.4 Å². The van der Waals surface area contributed by atoms with Crippen LogP contribution < -0.4 is 5.32 Å². The van der Waals surface area contributed by atoms with Gasteiger partial charge in [-0.3, -0.25) is 14.5 Å². The third-order valence-corrected chi connectivity index (χ3v) is 3.03. The van der Waals surface area contributed by atoms with Crippen LogP contribution in [0.25, 0.3) is 0 Å². The van der Waals surface area contributed by atoms with Crippen molar-refractivity contribution in [3.63, 3.8) is 0 Å². The van der Waals surface area contributed by atoms with Crippen LogP contribution in [0.4, 0.5) is 0 Å². The minimum absolute atomic E-state index is 0.0197. The molecule has 0 saturated carbocycles. The summed E-state index contributed by atoms with van der Waals surface area (Å²) >= 11 is 4.97. The summed E-state index contributed by atoms with van der Waals surface area (Å²) in [5.41, 5.74) is -0.445. The summed E-state index contributed by atoms with van der Waals surface area (Å²) in [4.78, 5) is 24.9. The van der Waals surface area contributed by atoms with Crippen LogP contribution in [0.3, 0.4) is 0 Å². The van der Waals surface area contributed by atoms with Gasteiger partial charge in [0.15, 0.2) is 0 Å². The molecule has 1 aliphatic rings. The van der Waals surface area contributed by atoms with Crippen molar-refractivity contribution in [2.24, 2.45) is 0 Å². The zero-order valence-corrected chi connectivity index (χ0v) is 11.4. The second-order valence-electron chi connectivity index (χ2n) is 4.82. The van der Waals surface area contributed by atoms with Gasteiger partial charge in [0.25, 0.3) is 5.91 Å². The largest absolute Gasteiger partial charge is 0.396 e. The number of nitrogens with one attached hydrogen (secondary N) is 1. The van der Waals surface area contributed by atoms with Gasteiger partial charge in [-0.2, -0.15) is 0 Å². The van der Waals surface area contributed by atoms with Gasteiger partial charge in [-0.1, -0.05) is 12.2 Å². The average Bonchev–Trinajstić information content (AvgIpc) is 2.55. The van der Waals surface area contributed by atoms with Crippen LogP contribution in [0.5, 0.6) is 0 Å². The van der Waals surface area contributed by atoms with Crippen molar-refractivity contribution in [2.45, 2.75) is 32.2 Å². The predicted octanol–water partition coefficient (Wildman–Crippen LogP) is 0.379. The molecule has 6 heteroatoms. The minimum Gasteiger partial charge on any atom is -0.396 e. The van der Waals surface area contributed by atoms with Crippen molar-refractivity contribution >= 4 is 29.0 Å². The van der Waals surface area contributed by atoms with Crippen molar-refractivity contribution < 1.29 is 14.7 Å². The maximum atomic E-state index is 11.7. The van der Waals surface area contributed by atoms with Crippen molar-refractivity contribution in [1.82, 2.24) is 10.2 Å². The first-order chi connectivity index (χ1) is 8.35. The molecule has 1 aliphatic heterocycles. The zero-order chi connectivity index (χ0) is 13.8. The Kier molecular flexibility index (Phi) is 4.98. The topological polar surface area (TPSA) is 69.6 Å². The molecule has 1 heterocycles. The zero-order valence-electron chi connectivity index (χ0n) is 10.6. The van der Waals surface area contributed by atoms with Gasteiger partial charge < -0.3 is 10.4 Å². The quantitative estimate of drug-likeness (QED) is 0.685. The molecule has 2 amide bonds. The Morgan fingerprint density at radius 2 is 2.17 bits per heavy atom. The lowest BCUT2D eigenvalue weighted by Gasteiger charge is -2.26. The highest BCUT2D eigenvalue weighted by Crippen LogP contribution is 2.09. The molecule has 1 rings (SSSR count). The van der Waals surface area contributed by atoms with Crippen molar-refractivity contribution in [1.29, 1.82) is 0 Å². The van der Waals surface area contributed by atoms with E-state index in [1.807, 2.05) is 13.8 Å². The molecule has 0 fully saturated rings.